The molecule has 7 nitrogen and oxygen atoms in total. The second-order valence-corrected chi connectivity index (χ2v) is 9.94. The molecule has 0 unspecified atom stereocenters. The van der Waals surface area contributed by atoms with Crippen molar-refractivity contribution in [3.63, 3.8) is 0 Å². The molecule has 1 aliphatic heterocycles. The average molecular weight is 476 g/mol. The molecular weight excluding hydrogens is 442 g/mol. The first-order chi connectivity index (χ1) is 16.9. The number of carbonyl (C=O) groups is 2. The maximum atomic E-state index is 12.6. The molecule has 35 heavy (non-hydrogen) atoms. The SMILES string of the molecule is COC(=O)N1c2ccc3c(nc([C@H](O)c4ccccc4)n3[C@@H]3CCC[C@H](C(C)=O)C3)c2CC[C@@H]1C. The number of aliphatic hydroxyl groups is 1. The Morgan fingerprint density at radius 2 is 1.89 bits per heavy atom. The third kappa shape index (κ3) is 4.12. The highest BCUT2D eigenvalue weighted by atomic mass is 16.5. The lowest BCUT2D eigenvalue weighted by Crippen LogP contribution is -2.42. The number of methoxy groups -OCH3 is 1. The van der Waals surface area contributed by atoms with Crippen molar-refractivity contribution in [2.75, 3.05) is 12.0 Å². The van der Waals surface area contributed by atoms with Crippen LogP contribution in [0.4, 0.5) is 10.5 Å². The molecule has 2 aromatic carbocycles. The highest BCUT2D eigenvalue weighted by Crippen LogP contribution is 2.42. The summed E-state index contributed by atoms with van der Waals surface area (Å²) in [6.07, 6.45) is 3.89. The molecule has 1 saturated carbocycles. The number of carbonyl (C=O) groups excluding carboxylic acids is 2. The number of Topliss-reactive ketones (excluding diaryl/α,β-unsaturated/α-hetero) is 1. The Kier molecular flexibility index (Phi) is 6.36. The number of fused-ring (bicyclic) bond motifs is 3. The number of rotatable bonds is 4. The molecule has 1 aliphatic carbocycles. The van der Waals surface area contributed by atoms with E-state index in [0.29, 0.717) is 5.82 Å². The molecule has 0 bridgehead atoms. The Morgan fingerprint density at radius 3 is 2.60 bits per heavy atom. The fraction of sp³-hybridized carbons (Fsp3) is 0.464. The summed E-state index contributed by atoms with van der Waals surface area (Å²) in [6, 6.07) is 13.7. The maximum Gasteiger partial charge on any atom is 0.414 e. The van der Waals surface area contributed by atoms with Gasteiger partial charge in [-0.05, 0) is 63.6 Å². The Labute approximate surface area is 205 Å². The van der Waals surface area contributed by atoms with E-state index >= 15 is 0 Å². The number of imidazole rings is 1. The third-order valence-electron chi connectivity index (χ3n) is 7.80. The Hall–Kier alpha value is -3.19. The topological polar surface area (TPSA) is 84.7 Å². The molecular formula is C28H33N3O4. The minimum atomic E-state index is -0.892. The lowest BCUT2D eigenvalue weighted by atomic mass is 9.83. The zero-order valence-corrected chi connectivity index (χ0v) is 20.6. The first kappa shape index (κ1) is 23.5. The van der Waals surface area contributed by atoms with Crippen LogP contribution in [0.2, 0.25) is 0 Å². The van der Waals surface area contributed by atoms with Gasteiger partial charge in [-0.1, -0.05) is 36.8 Å². The van der Waals surface area contributed by atoms with Gasteiger partial charge in [0.25, 0.3) is 0 Å². The first-order valence-corrected chi connectivity index (χ1v) is 12.5. The van der Waals surface area contributed by atoms with Gasteiger partial charge in [-0.15, -0.1) is 0 Å². The number of nitrogens with zero attached hydrogens (tertiary/aromatic N) is 3. The van der Waals surface area contributed by atoms with Crippen LogP contribution in [-0.2, 0) is 16.0 Å². The summed E-state index contributed by atoms with van der Waals surface area (Å²) < 4.78 is 7.24. The van der Waals surface area contributed by atoms with Crippen LogP contribution in [0.15, 0.2) is 42.5 Å². The van der Waals surface area contributed by atoms with Crippen molar-refractivity contribution in [1.82, 2.24) is 9.55 Å². The fourth-order valence-corrected chi connectivity index (χ4v) is 5.92. The van der Waals surface area contributed by atoms with Gasteiger partial charge in [0, 0.05) is 23.6 Å². The number of anilines is 1. The van der Waals surface area contributed by atoms with Crippen LogP contribution in [0.25, 0.3) is 11.0 Å². The summed E-state index contributed by atoms with van der Waals surface area (Å²) in [5.41, 5.74) is 4.37. The molecule has 4 atom stereocenters. The predicted molar refractivity (Wildman–Crippen MR) is 135 cm³/mol. The number of aromatic nitrogens is 2. The molecule has 7 heteroatoms. The van der Waals surface area contributed by atoms with Crippen molar-refractivity contribution in [1.29, 1.82) is 0 Å². The van der Waals surface area contributed by atoms with Crippen LogP contribution in [0.5, 0.6) is 0 Å². The molecule has 2 aliphatic rings. The summed E-state index contributed by atoms with van der Waals surface area (Å²) >= 11 is 0. The monoisotopic (exact) mass is 475 g/mol. The summed E-state index contributed by atoms with van der Waals surface area (Å²) in [5.74, 6) is 0.850. The summed E-state index contributed by atoms with van der Waals surface area (Å²) in [7, 11) is 1.40. The van der Waals surface area contributed by atoms with Gasteiger partial charge in [0.2, 0.25) is 0 Å². The molecule has 0 spiro atoms. The standard InChI is InChI=1S/C28H33N3O4/c1-17-12-13-22-23(30(17)28(34)35-3)14-15-24-25(22)29-27(26(33)19-8-5-4-6-9-19)31(24)21-11-7-10-20(16-21)18(2)32/h4-6,8-9,14-15,17,20-21,26,33H,7,10-13,16H2,1-3H3/t17-,20-,21+,26+/m0/s1. The second kappa shape index (κ2) is 9.46. The van der Waals surface area contributed by atoms with E-state index in [-0.39, 0.29) is 29.9 Å². The number of aliphatic hydroxyl groups excluding tert-OH is 1. The lowest BCUT2D eigenvalue weighted by Gasteiger charge is -2.34. The number of amides is 1. The molecule has 184 valence electrons. The normalized spacial score (nSPS) is 23.1. The third-order valence-corrected chi connectivity index (χ3v) is 7.80. The van der Waals surface area contributed by atoms with Crippen molar-refractivity contribution >= 4 is 28.6 Å². The molecule has 0 radical (unpaired) electrons. The van der Waals surface area contributed by atoms with Crippen molar-refractivity contribution in [3.05, 3.63) is 59.4 Å². The van der Waals surface area contributed by atoms with Crippen LogP contribution in [-0.4, -0.2) is 39.7 Å². The van der Waals surface area contributed by atoms with Gasteiger partial charge in [-0.3, -0.25) is 9.69 Å². The van der Waals surface area contributed by atoms with Gasteiger partial charge < -0.3 is 14.4 Å². The number of benzene rings is 2. The molecule has 1 fully saturated rings. The van der Waals surface area contributed by atoms with Gasteiger partial charge in [0.1, 0.15) is 17.7 Å². The number of aryl methyl sites for hydroxylation is 1. The molecule has 1 amide bonds. The van der Waals surface area contributed by atoms with E-state index in [2.05, 4.69) is 4.57 Å². The minimum Gasteiger partial charge on any atom is -0.452 e. The van der Waals surface area contributed by atoms with Crippen molar-refractivity contribution < 1.29 is 19.4 Å². The smallest absolute Gasteiger partial charge is 0.414 e. The molecule has 2 heterocycles. The second-order valence-electron chi connectivity index (χ2n) is 9.94. The Balaban J connectivity index is 1.69. The Morgan fingerprint density at radius 1 is 1.11 bits per heavy atom. The van der Waals surface area contributed by atoms with Crippen LogP contribution in [0, 0.1) is 5.92 Å². The quantitative estimate of drug-likeness (QED) is 0.550. The molecule has 5 rings (SSSR count). The molecule has 3 aromatic rings. The van der Waals surface area contributed by atoms with Crippen molar-refractivity contribution in [3.8, 4) is 0 Å². The van der Waals surface area contributed by atoms with Gasteiger partial charge >= 0.3 is 6.09 Å². The van der Waals surface area contributed by atoms with E-state index in [0.717, 1.165) is 66.4 Å². The van der Waals surface area contributed by atoms with Crippen LogP contribution < -0.4 is 4.90 Å². The highest BCUT2D eigenvalue weighted by Gasteiger charge is 2.34. The van der Waals surface area contributed by atoms with Crippen LogP contribution in [0.3, 0.4) is 0 Å². The van der Waals surface area contributed by atoms with Gasteiger partial charge in [0.15, 0.2) is 0 Å². The predicted octanol–water partition coefficient (Wildman–Crippen LogP) is 5.35. The number of ether oxygens (including phenoxy) is 1. The van der Waals surface area contributed by atoms with Gasteiger partial charge in [-0.2, -0.15) is 0 Å². The van der Waals surface area contributed by atoms with Crippen LogP contribution in [0.1, 0.15) is 75.0 Å². The summed E-state index contributed by atoms with van der Waals surface area (Å²) in [5, 5.41) is 11.5. The number of ketones is 1. The van der Waals surface area contributed by atoms with Crippen LogP contribution >= 0.6 is 0 Å². The molecule has 1 aromatic heterocycles. The number of hydrogen-bond acceptors (Lipinski definition) is 5. The average Bonchev–Trinajstić information content (AvgIpc) is 3.28. The van der Waals surface area contributed by atoms with E-state index < -0.39 is 6.10 Å². The van der Waals surface area contributed by atoms with Gasteiger partial charge in [0.05, 0.1) is 23.8 Å². The summed E-state index contributed by atoms with van der Waals surface area (Å²) in [4.78, 5) is 31.6. The highest BCUT2D eigenvalue weighted by molar-refractivity contribution is 5.95. The maximum absolute atomic E-state index is 12.6. The van der Waals surface area contributed by atoms with Crippen molar-refractivity contribution in [2.45, 2.75) is 70.6 Å². The zero-order valence-electron chi connectivity index (χ0n) is 20.6. The largest absolute Gasteiger partial charge is 0.452 e. The minimum absolute atomic E-state index is 0.0264. The van der Waals surface area contributed by atoms with E-state index in [1.54, 1.807) is 11.8 Å². The van der Waals surface area contributed by atoms with E-state index in [1.807, 2.05) is 49.4 Å². The van der Waals surface area contributed by atoms with E-state index in [9.17, 15) is 14.7 Å². The Bertz CT molecular complexity index is 1250. The summed E-state index contributed by atoms with van der Waals surface area (Å²) in [6.45, 7) is 3.70. The van der Waals surface area contributed by atoms with E-state index in [4.69, 9.17) is 9.72 Å². The van der Waals surface area contributed by atoms with Crippen molar-refractivity contribution in [2.24, 2.45) is 5.92 Å². The molecule has 0 saturated heterocycles. The van der Waals surface area contributed by atoms with Gasteiger partial charge in [-0.25, -0.2) is 9.78 Å². The number of hydrogen-bond donors (Lipinski definition) is 1. The molecule has 1 N–H and O–H groups in total. The van der Waals surface area contributed by atoms with E-state index in [1.165, 1.54) is 7.11 Å². The lowest BCUT2D eigenvalue weighted by molar-refractivity contribution is -0.122. The first-order valence-electron chi connectivity index (χ1n) is 12.5. The fourth-order valence-electron chi connectivity index (χ4n) is 5.92. The zero-order chi connectivity index (χ0) is 24.7.